The molecule has 1 fully saturated rings. The Morgan fingerprint density at radius 1 is 1.21 bits per heavy atom. The zero-order valence-corrected chi connectivity index (χ0v) is 13.5. The van der Waals surface area contributed by atoms with Crippen molar-refractivity contribution in [2.24, 2.45) is 5.92 Å². The molecule has 0 atom stereocenters. The number of thiazole rings is 1. The van der Waals surface area contributed by atoms with Gasteiger partial charge in [0.1, 0.15) is 0 Å². The van der Waals surface area contributed by atoms with Gasteiger partial charge in [-0.1, -0.05) is 26.7 Å². The summed E-state index contributed by atoms with van der Waals surface area (Å²) >= 11 is 1.96. The van der Waals surface area contributed by atoms with Gasteiger partial charge in [0.2, 0.25) is 0 Å². The minimum atomic E-state index is 0.744. The molecule has 0 radical (unpaired) electrons. The Kier molecular flexibility index (Phi) is 5.83. The second-order valence-corrected chi connectivity index (χ2v) is 6.93. The van der Waals surface area contributed by atoms with E-state index < -0.39 is 0 Å². The van der Waals surface area contributed by atoms with Gasteiger partial charge in [-0.15, -0.1) is 11.3 Å². The third-order valence-electron chi connectivity index (χ3n) is 4.36. The molecule has 1 heterocycles. The Bertz CT molecular complexity index is 378. The van der Waals surface area contributed by atoms with Gasteiger partial charge < -0.3 is 5.32 Å². The Labute approximate surface area is 122 Å². The van der Waals surface area contributed by atoms with Gasteiger partial charge in [0.15, 0.2) is 0 Å². The third kappa shape index (κ3) is 3.79. The standard InChI is InChI=1S/C16H28N2S/c1-4-6-12-7-9-13(10-8-12)16-18-14(5-2)15(19-16)11-17-3/h12-13,17H,4-11H2,1-3H3. The van der Waals surface area contributed by atoms with Crippen LogP contribution in [0.1, 0.15) is 73.9 Å². The molecule has 0 amide bonds. The molecule has 1 aromatic heterocycles. The van der Waals surface area contributed by atoms with E-state index in [4.69, 9.17) is 4.98 Å². The highest BCUT2D eigenvalue weighted by Gasteiger charge is 2.24. The third-order valence-corrected chi connectivity index (χ3v) is 5.62. The van der Waals surface area contributed by atoms with Crippen molar-refractivity contribution in [3.8, 4) is 0 Å². The Morgan fingerprint density at radius 2 is 1.95 bits per heavy atom. The molecule has 0 unspecified atom stereocenters. The molecule has 2 rings (SSSR count). The molecule has 1 aromatic rings. The number of aromatic nitrogens is 1. The van der Waals surface area contributed by atoms with Crippen molar-refractivity contribution in [3.63, 3.8) is 0 Å². The van der Waals surface area contributed by atoms with E-state index in [0.717, 1.165) is 24.8 Å². The molecule has 0 spiro atoms. The number of aryl methyl sites for hydroxylation is 1. The van der Waals surface area contributed by atoms with Crippen LogP contribution in [0.4, 0.5) is 0 Å². The zero-order chi connectivity index (χ0) is 13.7. The summed E-state index contributed by atoms with van der Waals surface area (Å²) in [5, 5.41) is 4.68. The molecule has 2 nitrogen and oxygen atoms in total. The summed E-state index contributed by atoms with van der Waals surface area (Å²) in [5.74, 6) is 1.73. The van der Waals surface area contributed by atoms with Crippen molar-refractivity contribution in [3.05, 3.63) is 15.6 Å². The molecule has 108 valence electrons. The highest BCUT2D eigenvalue weighted by atomic mass is 32.1. The lowest BCUT2D eigenvalue weighted by atomic mass is 9.80. The number of hydrogen-bond acceptors (Lipinski definition) is 3. The Hall–Kier alpha value is -0.410. The Balaban J connectivity index is 1.99. The molecular formula is C16H28N2S. The second kappa shape index (κ2) is 7.39. The summed E-state index contributed by atoms with van der Waals surface area (Å²) in [6, 6.07) is 0. The van der Waals surface area contributed by atoms with Gasteiger partial charge in [-0.3, -0.25) is 0 Å². The summed E-state index contributed by atoms with van der Waals surface area (Å²) < 4.78 is 0. The molecule has 0 aliphatic heterocycles. The molecule has 1 saturated carbocycles. The van der Waals surface area contributed by atoms with Crippen LogP contribution in [-0.2, 0) is 13.0 Å². The van der Waals surface area contributed by atoms with Crippen molar-refractivity contribution >= 4 is 11.3 Å². The maximum atomic E-state index is 4.92. The van der Waals surface area contributed by atoms with E-state index in [1.165, 1.54) is 54.1 Å². The van der Waals surface area contributed by atoms with Gasteiger partial charge in [0.05, 0.1) is 10.7 Å². The van der Waals surface area contributed by atoms with E-state index in [1.54, 1.807) is 0 Å². The Morgan fingerprint density at radius 3 is 2.53 bits per heavy atom. The topological polar surface area (TPSA) is 24.9 Å². The lowest BCUT2D eigenvalue weighted by Crippen LogP contribution is -2.13. The summed E-state index contributed by atoms with van der Waals surface area (Å²) in [6.07, 6.45) is 9.40. The van der Waals surface area contributed by atoms with Gasteiger partial charge in [-0.25, -0.2) is 4.98 Å². The first-order valence-corrected chi connectivity index (χ1v) is 8.73. The SMILES string of the molecule is CCCC1CCC(c2nc(CC)c(CNC)s2)CC1. The summed E-state index contributed by atoms with van der Waals surface area (Å²) in [6.45, 7) is 5.51. The maximum Gasteiger partial charge on any atom is 0.0962 e. The summed E-state index contributed by atoms with van der Waals surface area (Å²) in [5.41, 5.74) is 1.32. The van der Waals surface area contributed by atoms with E-state index in [2.05, 4.69) is 19.2 Å². The fourth-order valence-electron chi connectivity index (χ4n) is 3.26. The van der Waals surface area contributed by atoms with Crippen LogP contribution in [0.25, 0.3) is 0 Å². The molecule has 1 N–H and O–H groups in total. The highest BCUT2D eigenvalue weighted by Crippen LogP contribution is 2.39. The quantitative estimate of drug-likeness (QED) is 0.830. The van der Waals surface area contributed by atoms with Crippen LogP contribution in [0.3, 0.4) is 0 Å². The van der Waals surface area contributed by atoms with Crippen molar-refractivity contribution < 1.29 is 0 Å². The van der Waals surface area contributed by atoms with Crippen LogP contribution >= 0.6 is 11.3 Å². The first kappa shape index (κ1) is 15.0. The van der Waals surface area contributed by atoms with Crippen molar-refractivity contribution in [2.45, 2.75) is 71.3 Å². The molecular weight excluding hydrogens is 252 g/mol. The number of hydrogen-bond donors (Lipinski definition) is 1. The molecule has 3 heteroatoms. The minimum Gasteiger partial charge on any atom is -0.315 e. The van der Waals surface area contributed by atoms with Gasteiger partial charge in [-0.2, -0.15) is 0 Å². The van der Waals surface area contributed by atoms with Gasteiger partial charge >= 0.3 is 0 Å². The van der Waals surface area contributed by atoms with E-state index in [-0.39, 0.29) is 0 Å². The van der Waals surface area contributed by atoms with E-state index >= 15 is 0 Å². The number of nitrogens with one attached hydrogen (secondary N) is 1. The summed E-state index contributed by atoms with van der Waals surface area (Å²) in [4.78, 5) is 6.37. The lowest BCUT2D eigenvalue weighted by Gasteiger charge is -2.27. The van der Waals surface area contributed by atoms with Crippen LogP contribution in [-0.4, -0.2) is 12.0 Å². The zero-order valence-electron chi connectivity index (χ0n) is 12.7. The van der Waals surface area contributed by atoms with Crippen LogP contribution in [0.2, 0.25) is 0 Å². The van der Waals surface area contributed by atoms with Crippen LogP contribution < -0.4 is 5.32 Å². The monoisotopic (exact) mass is 280 g/mol. The lowest BCUT2D eigenvalue weighted by molar-refractivity contribution is 0.308. The van der Waals surface area contributed by atoms with Crippen LogP contribution in [0.5, 0.6) is 0 Å². The number of rotatable bonds is 6. The normalized spacial score (nSPS) is 23.7. The van der Waals surface area contributed by atoms with Crippen LogP contribution in [0.15, 0.2) is 0 Å². The second-order valence-electron chi connectivity index (χ2n) is 5.81. The molecule has 1 aliphatic carbocycles. The van der Waals surface area contributed by atoms with Crippen molar-refractivity contribution in [2.75, 3.05) is 7.05 Å². The average molecular weight is 280 g/mol. The first-order chi connectivity index (χ1) is 9.28. The predicted molar refractivity (Wildman–Crippen MR) is 83.9 cm³/mol. The van der Waals surface area contributed by atoms with Crippen molar-refractivity contribution in [1.29, 1.82) is 0 Å². The van der Waals surface area contributed by atoms with Crippen LogP contribution in [0, 0.1) is 5.92 Å². The molecule has 1 aliphatic rings. The minimum absolute atomic E-state index is 0.744. The average Bonchev–Trinajstić information content (AvgIpc) is 2.84. The molecule has 0 saturated heterocycles. The molecule has 19 heavy (non-hydrogen) atoms. The highest BCUT2D eigenvalue weighted by molar-refractivity contribution is 7.11. The van der Waals surface area contributed by atoms with Gasteiger partial charge in [0, 0.05) is 17.3 Å². The molecule has 0 bridgehead atoms. The maximum absolute atomic E-state index is 4.92. The van der Waals surface area contributed by atoms with Gasteiger partial charge in [0.25, 0.3) is 0 Å². The first-order valence-electron chi connectivity index (χ1n) is 7.91. The van der Waals surface area contributed by atoms with E-state index in [1.807, 2.05) is 18.4 Å². The van der Waals surface area contributed by atoms with Gasteiger partial charge in [-0.05, 0) is 45.1 Å². The van der Waals surface area contributed by atoms with E-state index in [0.29, 0.717) is 0 Å². The predicted octanol–water partition coefficient (Wildman–Crippen LogP) is 4.50. The number of nitrogens with zero attached hydrogens (tertiary/aromatic N) is 1. The van der Waals surface area contributed by atoms with Crippen molar-refractivity contribution in [1.82, 2.24) is 10.3 Å². The smallest absolute Gasteiger partial charge is 0.0962 e. The summed E-state index contributed by atoms with van der Waals surface area (Å²) in [7, 11) is 2.02. The largest absolute Gasteiger partial charge is 0.315 e. The fraction of sp³-hybridized carbons (Fsp3) is 0.812. The molecule has 0 aromatic carbocycles. The fourth-order valence-corrected chi connectivity index (χ4v) is 4.59. The van der Waals surface area contributed by atoms with E-state index in [9.17, 15) is 0 Å².